The number of amides is 1. The Morgan fingerprint density at radius 3 is 2.79 bits per heavy atom. The van der Waals surface area contributed by atoms with Crippen LogP contribution in [0.5, 0.6) is 0 Å². The van der Waals surface area contributed by atoms with Gasteiger partial charge in [0.2, 0.25) is 0 Å². The molecule has 130 valence electrons. The lowest BCUT2D eigenvalue weighted by Crippen LogP contribution is -2.32. The van der Waals surface area contributed by atoms with Gasteiger partial charge in [-0.2, -0.15) is 0 Å². The molecule has 0 spiro atoms. The van der Waals surface area contributed by atoms with Gasteiger partial charge in [-0.25, -0.2) is 4.79 Å². The molecule has 1 aromatic heterocycles. The third-order valence-corrected chi connectivity index (χ3v) is 4.68. The second-order valence-corrected chi connectivity index (χ2v) is 6.48. The molecule has 0 unspecified atom stereocenters. The topological polar surface area (TPSA) is 78.9 Å². The summed E-state index contributed by atoms with van der Waals surface area (Å²) in [7, 11) is 0. The molecule has 1 saturated carbocycles. The summed E-state index contributed by atoms with van der Waals surface area (Å²) in [5, 5.41) is 6.15. The van der Waals surface area contributed by atoms with Gasteiger partial charge in [-0.1, -0.05) is 19.8 Å². The van der Waals surface area contributed by atoms with E-state index in [9.17, 15) is 9.59 Å². The zero-order chi connectivity index (χ0) is 16.9. The summed E-state index contributed by atoms with van der Waals surface area (Å²) in [5.41, 5.74) is 2.15. The number of nitrogens with one attached hydrogen (secondary N) is 3. The van der Waals surface area contributed by atoms with Crippen molar-refractivity contribution in [1.29, 1.82) is 0 Å². The normalized spacial score (nSPS) is 15.2. The van der Waals surface area contributed by atoms with E-state index in [0.29, 0.717) is 12.1 Å². The van der Waals surface area contributed by atoms with Crippen molar-refractivity contribution in [2.45, 2.75) is 45.1 Å². The van der Waals surface area contributed by atoms with E-state index < -0.39 is 0 Å². The lowest BCUT2D eigenvalue weighted by atomic mass is 10.1. The van der Waals surface area contributed by atoms with Crippen molar-refractivity contribution in [2.75, 3.05) is 19.6 Å². The summed E-state index contributed by atoms with van der Waals surface area (Å²) in [4.78, 5) is 27.4. The van der Waals surface area contributed by atoms with Crippen LogP contribution >= 0.6 is 0 Å². The summed E-state index contributed by atoms with van der Waals surface area (Å²) >= 11 is 0. The summed E-state index contributed by atoms with van der Waals surface area (Å²) in [5.74, 6) is -0.107. The van der Waals surface area contributed by atoms with Gasteiger partial charge in [-0.05, 0) is 44.0 Å². The molecule has 0 atom stereocenters. The van der Waals surface area contributed by atoms with Crippen molar-refractivity contribution < 1.29 is 4.79 Å². The molecule has 3 rings (SSSR count). The van der Waals surface area contributed by atoms with Gasteiger partial charge in [0.25, 0.3) is 5.91 Å². The number of aromatic nitrogens is 2. The summed E-state index contributed by atoms with van der Waals surface area (Å²) < 4.78 is 1.86. The van der Waals surface area contributed by atoms with Crippen LogP contribution in [0.2, 0.25) is 0 Å². The molecular weight excluding hydrogens is 304 g/mol. The maximum Gasteiger partial charge on any atom is 0.326 e. The number of nitrogens with zero attached hydrogens (tertiary/aromatic N) is 1. The molecule has 24 heavy (non-hydrogen) atoms. The third-order valence-electron chi connectivity index (χ3n) is 4.68. The van der Waals surface area contributed by atoms with Crippen molar-refractivity contribution >= 4 is 16.9 Å². The van der Waals surface area contributed by atoms with Gasteiger partial charge >= 0.3 is 5.69 Å². The van der Waals surface area contributed by atoms with E-state index >= 15 is 0 Å². The predicted octanol–water partition coefficient (Wildman–Crippen LogP) is 2.17. The van der Waals surface area contributed by atoms with Gasteiger partial charge in [0.1, 0.15) is 0 Å². The molecule has 1 aliphatic rings. The van der Waals surface area contributed by atoms with Gasteiger partial charge in [0.05, 0.1) is 11.0 Å². The van der Waals surface area contributed by atoms with E-state index in [1.807, 2.05) is 10.6 Å². The summed E-state index contributed by atoms with van der Waals surface area (Å²) in [6, 6.07) is 5.75. The number of rotatable bonds is 7. The fourth-order valence-electron chi connectivity index (χ4n) is 3.47. The zero-order valence-corrected chi connectivity index (χ0v) is 14.2. The highest BCUT2D eigenvalue weighted by molar-refractivity contribution is 5.97. The van der Waals surface area contributed by atoms with E-state index in [4.69, 9.17) is 0 Å². The van der Waals surface area contributed by atoms with E-state index in [0.717, 1.165) is 43.4 Å². The van der Waals surface area contributed by atoms with Crippen LogP contribution in [0.1, 0.15) is 55.4 Å². The van der Waals surface area contributed by atoms with Crippen molar-refractivity contribution in [1.82, 2.24) is 20.2 Å². The van der Waals surface area contributed by atoms with E-state index in [1.54, 1.807) is 12.1 Å². The molecule has 3 N–H and O–H groups in total. The second kappa shape index (κ2) is 7.66. The Morgan fingerprint density at radius 2 is 2.04 bits per heavy atom. The highest BCUT2D eigenvalue weighted by Crippen LogP contribution is 2.30. The molecule has 6 heteroatoms. The number of carbonyl (C=O) groups excluding carboxylic acids is 1. The van der Waals surface area contributed by atoms with Crippen LogP contribution in [0.25, 0.3) is 11.0 Å². The maximum atomic E-state index is 12.3. The molecule has 0 saturated heterocycles. The lowest BCUT2D eigenvalue weighted by Gasteiger charge is -2.11. The first kappa shape index (κ1) is 16.8. The molecule has 0 radical (unpaired) electrons. The third kappa shape index (κ3) is 3.53. The SMILES string of the molecule is CCCNCCNC(=O)c1ccc2c(c1)[nH]c(=O)n2C1CCCC1. The van der Waals surface area contributed by atoms with Crippen molar-refractivity contribution in [3.63, 3.8) is 0 Å². The van der Waals surface area contributed by atoms with Gasteiger partial charge in [0, 0.05) is 24.7 Å². The highest BCUT2D eigenvalue weighted by atomic mass is 16.2. The number of H-pyrrole nitrogens is 1. The smallest absolute Gasteiger partial charge is 0.326 e. The first-order valence-corrected chi connectivity index (χ1v) is 8.94. The Bertz CT molecular complexity index is 756. The minimum Gasteiger partial charge on any atom is -0.351 e. The molecule has 1 heterocycles. The van der Waals surface area contributed by atoms with E-state index in [-0.39, 0.29) is 17.6 Å². The Morgan fingerprint density at radius 1 is 1.25 bits per heavy atom. The minimum atomic E-state index is -0.107. The Hall–Kier alpha value is -2.08. The lowest BCUT2D eigenvalue weighted by molar-refractivity contribution is 0.0954. The first-order chi connectivity index (χ1) is 11.7. The fourth-order valence-corrected chi connectivity index (χ4v) is 3.47. The van der Waals surface area contributed by atoms with Gasteiger partial charge in [-0.15, -0.1) is 0 Å². The first-order valence-electron chi connectivity index (χ1n) is 8.94. The molecule has 2 aromatic rings. The van der Waals surface area contributed by atoms with E-state index in [1.165, 1.54) is 12.8 Å². The number of aromatic amines is 1. The van der Waals surface area contributed by atoms with Crippen molar-refractivity contribution in [3.05, 3.63) is 34.2 Å². The average Bonchev–Trinajstić information content (AvgIpc) is 3.20. The second-order valence-electron chi connectivity index (χ2n) is 6.48. The van der Waals surface area contributed by atoms with Gasteiger partial charge in [0.15, 0.2) is 0 Å². The van der Waals surface area contributed by atoms with Crippen LogP contribution < -0.4 is 16.3 Å². The van der Waals surface area contributed by atoms with Crippen molar-refractivity contribution in [2.24, 2.45) is 0 Å². The molecule has 1 fully saturated rings. The molecule has 1 aliphatic carbocycles. The van der Waals surface area contributed by atoms with E-state index in [2.05, 4.69) is 22.5 Å². The van der Waals surface area contributed by atoms with Crippen LogP contribution in [-0.4, -0.2) is 35.1 Å². The van der Waals surface area contributed by atoms with Crippen LogP contribution in [0.4, 0.5) is 0 Å². The quantitative estimate of drug-likeness (QED) is 0.681. The van der Waals surface area contributed by atoms with Gasteiger partial charge < -0.3 is 15.6 Å². The minimum absolute atomic E-state index is 0.0711. The van der Waals surface area contributed by atoms with Crippen LogP contribution in [0, 0.1) is 0 Å². The zero-order valence-electron chi connectivity index (χ0n) is 14.2. The Kier molecular flexibility index (Phi) is 5.35. The predicted molar refractivity (Wildman–Crippen MR) is 95.6 cm³/mol. The number of hydrogen-bond donors (Lipinski definition) is 3. The maximum absolute atomic E-state index is 12.3. The molecule has 1 aromatic carbocycles. The Balaban J connectivity index is 1.72. The number of fused-ring (bicyclic) bond motifs is 1. The average molecular weight is 330 g/mol. The molecule has 0 bridgehead atoms. The van der Waals surface area contributed by atoms with Crippen LogP contribution in [-0.2, 0) is 0 Å². The largest absolute Gasteiger partial charge is 0.351 e. The molecule has 6 nitrogen and oxygen atoms in total. The number of benzene rings is 1. The number of carbonyl (C=O) groups is 1. The van der Waals surface area contributed by atoms with Crippen LogP contribution in [0.15, 0.2) is 23.0 Å². The molecule has 0 aliphatic heterocycles. The number of hydrogen-bond acceptors (Lipinski definition) is 3. The fraction of sp³-hybridized carbons (Fsp3) is 0.556. The van der Waals surface area contributed by atoms with Crippen LogP contribution in [0.3, 0.4) is 0 Å². The molecular formula is C18H26N4O2. The highest BCUT2D eigenvalue weighted by Gasteiger charge is 2.21. The monoisotopic (exact) mass is 330 g/mol. The van der Waals surface area contributed by atoms with Crippen molar-refractivity contribution in [3.8, 4) is 0 Å². The molecule has 1 amide bonds. The number of imidazole rings is 1. The summed E-state index contributed by atoms with van der Waals surface area (Å²) in [6.07, 6.45) is 5.54. The summed E-state index contributed by atoms with van der Waals surface area (Å²) in [6.45, 7) is 4.42. The van der Waals surface area contributed by atoms with Gasteiger partial charge in [-0.3, -0.25) is 9.36 Å². The Labute approximate surface area is 141 Å². The standard InChI is InChI=1S/C18H26N4O2/c1-2-9-19-10-11-20-17(23)13-7-8-16-15(12-13)21-18(24)22(16)14-5-3-4-6-14/h7-8,12,14,19H,2-6,9-11H2,1H3,(H,20,23)(H,21,24).